The summed E-state index contributed by atoms with van der Waals surface area (Å²) in [6, 6.07) is 13.8. The standard InChI is InChI=1S/C29H33N5O3/c1-2-3-9-23-17-27(31-29(37)30-26-11-6-8-21-7-4-5-10-25(21)26)34(32-23)24-13-12-20-14-15-33(19-28(35)36)18-22(20)16-24/h5-6,8,10-13,16-17H,2-4,7,9,14-15,18-19H2,1H3,(H,35,36)(H2,30,31,37). The summed E-state index contributed by atoms with van der Waals surface area (Å²) in [4.78, 5) is 26.2. The number of nitrogens with one attached hydrogen (secondary N) is 2. The first-order valence-electron chi connectivity index (χ1n) is 13.0. The number of aryl methyl sites for hydroxylation is 2. The minimum atomic E-state index is -0.820. The highest BCUT2D eigenvalue weighted by Crippen LogP contribution is 2.28. The molecule has 0 radical (unpaired) electrons. The van der Waals surface area contributed by atoms with E-state index < -0.39 is 5.97 Å². The second kappa shape index (κ2) is 11.0. The molecule has 2 amide bonds. The van der Waals surface area contributed by atoms with E-state index in [1.807, 2.05) is 29.2 Å². The highest BCUT2D eigenvalue weighted by Gasteiger charge is 2.20. The number of carboxylic acids is 1. The number of urea groups is 1. The molecule has 1 aliphatic heterocycles. The van der Waals surface area contributed by atoms with Crippen molar-refractivity contribution >= 4 is 29.6 Å². The molecule has 2 aromatic carbocycles. The van der Waals surface area contributed by atoms with Crippen molar-refractivity contribution in [2.24, 2.45) is 0 Å². The van der Waals surface area contributed by atoms with Crippen LogP contribution in [0.3, 0.4) is 0 Å². The van der Waals surface area contributed by atoms with Gasteiger partial charge in [-0.3, -0.25) is 15.0 Å². The smallest absolute Gasteiger partial charge is 0.324 e. The Kier molecular flexibility index (Phi) is 7.37. The van der Waals surface area contributed by atoms with E-state index in [1.54, 1.807) is 4.68 Å². The van der Waals surface area contributed by atoms with Gasteiger partial charge in [0.1, 0.15) is 5.82 Å². The van der Waals surface area contributed by atoms with Crippen molar-refractivity contribution in [1.82, 2.24) is 14.7 Å². The van der Waals surface area contributed by atoms with Gasteiger partial charge in [0, 0.05) is 30.4 Å². The molecule has 8 nitrogen and oxygen atoms in total. The molecular formula is C29H33N5O3. The van der Waals surface area contributed by atoms with Gasteiger partial charge in [0.05, 0.1) is 17.9 Å². The Morgan fingerprint density at radius 1 is 1.05 bits per heavy atom. The monoisotopic (exact) mass is 499 g/mol. The maximum atomic E-state index is 13.1. The lowest BCUT2D eigenvalue weighted by Crippen LogP contribution is -2.34. The lowest BCUT2D eigenvalue weighted by molar-refractivity contribution is -0.138. The Balaban J connectivity index is 1.40. The van der Waals surface area contributed by atoms with Gasteiger partial charge >= 0.3 is 12.0 Å². The summed E-state index contributed by atoms with van der Waals surface area (Å²) < 4.78 is 1.78. The zero-order chi connectivity index (χ0) is 25.8. The van der Waals surface area contributed by atoms with Crippen LogP contribution in [0.1, 0.15) is 54.1 Å². The molecule has 2 heterocycles. The fraction of sp³-hybridized carbons (Fsp3) is 0.345. The zero-order valence-corrected chi connectivity index (χ0v) is 21.2. The Morgan fingerprint density at radius 3 is 2.78 bits per heavy atom. The van der Waals surface area contributed by atoms with Crippen LogP contribution in [0, 0.1) is 0 Å². The number of hydrogen-bond donors (Lipinski definition) is 3. The molecule has 0 saturated heterocycles. The SMILES string of the molecule is CCCCc1cc(NC(=O)Nc2cccc3c2C=CCC3)n(-c2ccc3c(c2)CN(CC(=O)O)CC3)n1. The zero-order valence-electron chi connectivity index (χ0n) is 21.2. The van der Waals surface area contributed by atoms with Crippen molar-refractivity contribution in [3.05, 3.63) is 76.5 Å². The molecule has 0 atom stereocenters. The first kappa shape index (κ1) is 24.8. The molecule has 3 aromatic rings. The number of aliphatic carboxylic acids is 1. The van der Waals surface area contributed by atoms with Crippen molar-refractivity contribution in [1.29, 1.82) is 0 Å². The van der Waals surface area contributed by atoms with Crippen LogP contribution in [0.4, 0.5) is 16.3 Å². The van der Waals surface area contributed by atoms with Gasteiger partial charge in [-0.05, 0) is 67.0 Å². The molecule has 0 bridgehead atoms. The number of aromatic nitrogens is 2. The van der Waals surface area contributed by atoms with Crippen LogP contribution in [0.2, 0.25) is 0 Å². The summed E-state index contributed by atoms with van der Waals surface area (Å²) in [5.74, 6) is -0.220. The number of amides is 2. The van der Waals surface area contributed by atoms with Crippen LogP contribution in [0.5, 0.6) is 0 Å². The van der Waals surface area contributed by atoms with Gasteiger partial charge in [0.15, 0.2) is 0 Å². The second-order valence-corrected chi connectivity index (χ2v) is 9.74. The van der Waals surface area contributed by atoms with E-state index in [1.165, 1.54) is 11.1 Å². The number of nitrogens with zero attached hydrogens (tertiary/aromatic N) is 3. The van der Waals surface area contributed by atoms with E-state index in [9.17, 15) is 14.7 Å². The molecule has 0 spiro atoms. The molecule has 0 fully saturated rings. The summed E-state index contributed by atoms with van der Waals surface area (Å²) in [6.07, 6.45) is 9.90. The van der Waals surface area contributed by atoms with Gasteiger partial charge < -0.3 is 10.4 Å². The minimum Gasteiger partial charge on any atom is -0.480 e. The lowest BCUT2D eigenvalue weighted by atomic mass is 9.96. The third-order valence-electron chi connectivity index (χ3n) is 6.98. The first-order valence-corrected chi connectivity index (χ1v) is 13.0. The average Bonchev–Trinajstić information content (AvgIpc) is 3.29. The van der Waals surface area contributed by atoms with Crippen molar-refractivity contribution < 1.29 is 14.7 Å². The van der Waals surface area contributed by atoms with E-state index in [-0.39, 0.29) is 12.6 Å². The van der Waals surface area contributed by atoms with E-state index in [4.69, 9.17) is 5.10 Å². The maximum absolute atomic E-state index is 13.1. The van der Waals surface area contributed by atoms with Gasteiger partial charge in [0.25, 0.3) is 0 Å². The number of anilines is 2. The molecule has 8 heteroatoms. The van der Waals surface area contributed by atoms with Gasteiger partial charge in [-0.15, -0.1) is 0 Å². The summed E-state index contributed by atoms with van der Waals surface area (Å²) in [5, 5.41) is 20.1. The number of carbonyl (C=O) groups is 2. The summed E-state index contributed by atoms with van der Waals surface area (Å²) >= 11 is 0. The van der Waals surface area contributed by atoms with E-state index >= 15 is 0 Å². The first-order chi connectivity index (χ1) is 18.0. The summed E-state index contributed by atoms with van der Waals surface area (Å²) in [6.45, 7) is 3.48. The normalized spacial score (nSPS) is 14.6. The predicted octanol–water partition coefficient (Wildman–Crippen LogP) is 5.26. The molecule has 0 saturated carbocycles. The third kappa shape index (κ3) is 5.75. The number of fused-ring (bicyclic) bond motifs is 2. The van der Waals surface area contributed by atoms with Crippen LogP contribution in [-0.2, 0) is 30.6 Å². The minimum absolute atomic E-state index is 0.0258. The quantitative estimate of drug-likeness (QED) is 0.393. The number of hydrogen-bond acceptors (Lipinski definition) is 4. The Hall–Kier alpha value is -3.91. The number of allylic oxidation sites excluding steroid dienone is 1. The third-order valence-corrected chi connectivity index (χ3v) is 6.98. The number of benzene rings is 2. The second-order valence-electron chi connectivity index (χ2n) is 9.74. The topological polar surface area (TPSA) is 99.5 Å². The fourth-order valence-electron chi connectivity index (χ4n) is 5.10. The molecule has 1 aliphatic carbocycles. The Bertz CT molecular complexity index is 1340. The molecule has 0 unspecified atom stereocenters. The van der Waals surface area contributed by atoms with Gasteiger partial charge in [0.2, 0.25) is 0 Å². The molecule has 5 rings (SSSR count). The molecule has 1 aromatic heterocycles. The highest BCUT2D eigenvalue weighted by molar-refractivity contribution is 6.01. The number of carbonyl (C=O) groups excluding carboxylic acids is 1. The molecule has 2 aliphatic rings. The number of carboxylic acid groups (broad SMARTS) is 1. The van der Waals surface area contributed by atoms with Crippen LogP contribution in [0.15, 0.2) is 48.5 Å². The largest absolute Gasteiger partial charge is 0.480 e. The van der Waals surface area contributed by atoms with Crippen LogP contribution in [-0.4, -0.2) is 44.9 Å². The van der Waals surface area contributed by atoms with Crippen LogP contribution in [0.25, 0.3) is 11.8 Å². The summed E-state index contributed by atoms with van der Waals surface area (Å²) in [5.41, 5.74) is 7.15. The number of rotatable bonds is 8. The van der Waals surface area contributed by atoms with Crippen LogP contribution < -0.4 is 10.6 Å². The van der Waals surface area contributed by atoms with E-state index in [0.717, 1.165) is 73.3 Å². The molecule has 3 N–H and O–H groups in total. The maximum Gasteiger partial charge on any atom is 0.324 e. The lowest BCUT2D eigenvalue weighted by Gasteiger charge is -2.27. The molecular weight excluding hydrogens is 466 g/mol. The van der Waals surface area contributed by atoms with Gasteiger partial charge in [-0.1, -0.05) is 43.7 Å². The van der Waals surface area contributed by atoms with Crippen LogP contribution >= 0.6 is 0 Å². The predicted molar refractivity (Wildman–Crippen MR) is 145 cm³/mol. The van der Waals surface area contributed by atoms with Crippen molar-refractivity contribution in [2.75, 3.05) is 23.7 Å². The average molecular weight is 500 g/mol. The van der Waals surface area contributed by atoms with E-state index in [0.29, 0.717) is 12.4 Å². The van der Waals surface area contributed by atoms with Crippen molar-refractivity contribution in [2.45, 2.75) is 52.0 Å². The number of unbranched alkanes of at least 4 members (excludes halogenated alkanes) is 1. The Labute approximate surface area is 217 Å². The summed E-state index contributed by atoms with van der Waals surface area (Å²) in [7, 11) is 0. The van der Waals surface area contributed by atoms with E-state index in [2.05, 4.69) is 47.9 Å². The highest BCUT2D eigenvalue weighted by atomic mass is 16.4. The van der Waals surface area contributed by atoms with Gasteiger partial charge in [-0.2, -0.15) is 5.10 Å². The van der Waals surface area contributed by atoms with Crippen molar-refractivity contribution in [3.8, 4) is 5.69 Å². The fourth-order valence-corrected chi connectivity index (χ4v) is 5.10. The van der Waals surface area contributed by atoms with Crippen molar-refractivity contribution in [3.63, 3.8) is 0 Å². The van der Waals surface area contributed by atoms with Gasteiger partial charge in [-0.25, -0.2) is 9.48 Å². The molecule has 192 valence electrons. The molecule has 37 heavy (non-hydrogen) atoms. The Morgan fingerprint density at radius 2 is 1.95 bits per heavy atom.